The average molecular weight is 196 g/mol. The van der Waals surface area contributed by atoms with Crippen LogP contribution in [0.1, 0.15) is 32.1 Å². The minimum Gasteiger partial charge on any atom is -0.381 e. The Morgan fingerprint density at radius 3 is 2.79 bits per heavy atom. The van der Waals surface area contributed by atoms with Gasteiger partial charge in [0.15, 0.2) is 0 Å². The number of hydrogen-bond acceptors (Lipinski definition) is 2. The molecule has 0 spiro atoms. The highest BCUT2D eigenvalue weighted by Crippen LogP contribution is 2.23. The highest BCUT2D eigenvalue weighted by atomic mass is 16.5. The van der Waals surface area contributed by atoms with Crippen molar-refractivity contribution in [2.24, 2.45) is 11.8 Å². The van der Waals surface area contributed by atoms with Gasteiger partial charge in [-0.1, -0.05) is 0 Å². The summed E-state index contributed by atoms with van der Waals surface area (Å²) < 4.78 is 5.38. The van der Waals surface area contributed by atoms with Gasteiger partial charge in [0.25, 0.3) is 0 Å². The molecule has 2 fully saturated rings. The summed E-state index contributed by atoms with van der Waals surface area (Å²) in [5.74, 6) is 1.74. The molecule has 0 aromatic rings. The highest BCUT2D eigenvalue weighted by molar-refractivity contribution is 4.81. The molecule has 2 rings (SSSR count). The number of rotatable bonds is 4. The highest BCUT2D eigenvalue weighted by Gasteiger charge is 2.17. The molecule has 2 heterocycles. The maximum absolute atomic E-state index is 5.38. The molecule has 2 nitrogen and oxygen atoms in total. The van der Waals surface area contributed by atoms with Crippen LogP contribution in [0.2, 0.25) is 0 Å². The van der Waals surface area contributed by atoms with E-state index in [2.05, 4.69) is 11.7 Å². The monoisotopic (exact) mass is 196 g/mol. The van der Waals surface area contributed by atoms with Gasteiger partial charge in [0.1, 0.15) is 0 Å². The third-order valence-corrected chi connectivity index (χ3v) is 3.48. The van der Waals surface area contributed by atoms with Crippen molar-refractivity contribution in [1.29, 1.82) is 0 Å². The molecule has 1 radical (unpaired) electrons. The Kier molecular flexibility index (Phi) is 4.26. The Labute approximate surface area is 87.4 Å². The van der Waals surface area contributed by atoms with E-state index in [1.54, 1.807) is 0 Å². The molecule has 2 aliphatic heterocycles. The second kappa shape index (κ2) is 5.72. The van der Waals surface area contributed by atoms with Crippen LogP contribution in [-0.4, -0.2) is 26.3 Å². The van der Waals surface area contributed by atoms with Gasteiger partial charge >= 0.3 is 0 Å². The normalized spacial score (nSPS) is 29.6. The molecular formula is C12H22NO. The van der Waals surface area contributed by atoms with E-state index >= 15 is 0 Å². The van der Waals surface area contributed by atoms with Gasteiger partial charge in [0, 0.05) is 13.2 Å². The van der Waals surface area contributed by atoms with Crippen LogP contribution in [0.3, 0.4) is 0 Å². The molecule has 1 atom stereocenters. The first-order chi connectivity index (χ1) is 6.95. The first kappa shape index (κ1) is 10.4. The fourth-order valence-electron chi connectivity index (χ4n) is 2.46. The predicted octanol–water partition coefficient (Wildman–Crippen LogP) is 2.01. The quantitative estimate of drug-likeness (QED) is 0.742. The minimum absolute atomic E-state index is 0.855. The van der Waals surface area contributed by atoms with E-state index < -0.39 is 0 Å². The largest absolute Gasteiger partial charge is 0.381 e. The van der Waals surface area contributed by atoms with Gasteiger partial charge in [-0.3, -0.25) is 0 Å². The Balaban J connectivity index is 1.52. The summed E-state index contributed by atoms with van der Waals surface area (Å²) in [6, 6.07) is 0. The zero-order chi connectivity index (χ0) is 9.64. The molecule has 0 bridgehead atoms. The molecule has 2 saturated heterocycles. The van der Waals surface area contributed by atoms with E-state index in [4.69, 9.17) is 4.74 Å². The topological polar surface area (TPSA) is 21.3 Å². The summed E-state index contributed by atoms with van der Waals surface area (Å²) in [4.78, 5) is 0. The molecule has 0 aliphatic carbocycles. The summed E-state index contributed by atoms with van der Waals surface area (Å²) in [5, 5.41) is 3.41. The SMILES string of the molecule is [CH](CCC1CCOC1)C1CCNCC1. The van der Waals surface area contributed by atoms with Crippen LogP contribution in [0.15, 0.2) is 0 Å². The lowest BCUT2D eigenvalue weighted by Gasteiger charge is -2.22. The van der Waals surface area contributed by atoms with Crippen molar-refractivity contribution in [1.82, 2.24) is 5.32 Å². The van der Waals surface area contributed by atoms with Crippen molar-refractivity contribution in [3.05, 3.63) is 6.42 Å². The molecule has 1 N–H and O–H groups in total. The third-order valence-electron chi connectivity index (χ3n) is 3.48. The fourth-order valence-corrected chi connectivity index (χ4v) is 2.46. The van der Waals surface area contributed by atoms with E-state index in [0.29, 0.717) is 0 Å². The lowest BCUT2D eigenvalue weighted by Crippen LogP contribution is -2.27. The van der Waals surface area contributed by atoms with Crippen LogP contribution in [0.4, 0.5) is 0 Å². The van der Waals surface area contributed by atoms with E-state index in [0.717, 1.165) is 25.0 Å². The van der Waals surface area contributed by atoms with E-state index in [-0.39, 0.29) is 0 Å². The number of ether oxygens (including phenoxy) is 1. The Bertz CT molecular complexity index is 148. The molecule has 14 heavy (non-hydrogen) atoms. The predicted molar refractivity (Wildman–Crippen MR) is 58.1 cm³/mol. The molecular weight excluding hydrogens is 174 g/mol. The van der Waals surface area contributed by atoms with Crippen LogP contribution < -0.4 is 5.32 Å². The van der Waals surface area contributed by atoms with Gasteiger partial charge in [0.05, 0.1) is 0 Å². The third kappa shape index (κ3) is 3.25. The van der Waals surface area contributed by atoms with Crippen molar-refractivity contribution >= 4 is 0 Å². The molecule has 2 heteroatoms. The maximum Gasteiger partial charge on any atom is 0.0495 e. The smallest absolute Gasteiger partial charge is 0.0495 e. The summed E-state index contributed by atoms with van der Waals surface area (Å²) in [5.41, 5.74) is 0. The number of piperidine rings is 1. The molecule has 0 aromatic heterocycles. The Morgan fingerprint density at radius 1 is 1.21 bits per heavy atom. The van der Waals surface area contributed by atoms with Crippen LogP contribution in [0.5, 0.6) is 0 Å². The Morgan fingerprint density at radius 2 is 2.07 bits per heavy atom. The molecule has 0 saturated carbocycles. The van der Waals surface area contributed by atoms with Crippen LogP contribution in [-0.2, 0) is 4.74 Å². The number of nitrogens with one attached hydrogen (secondary N) is 1. The van der Waals surface area contributed by atoms with Gasteiger partial charge < -0.3 is 10.1 Å². The minimum atomic E-state index is 0.855. The van der Waals surface area contributed by atoms with Gasteiger partial charge in [-0.2, -0.15) is 0 Å². The second-order valence-corrected chi connectivity index (χ2v) is 4.63. The van der Waals surface area contributed by atoms with Gasteiger partial charge in [-0.05, 0) is 63.5 Å². The van der Waals surface area contributed by atoms with Crippen molar-refractivity contribution in [3.8, 4) is 0 Å². The van der Waals surface area contributed by atoms with E-state index in [1.807, 2.05) is 0 Å². The van der Waals surface area contributed by atoms with Gasteiger partial charge in [-0.15, -0.1) is 0 Å². The van der Waals surface area contributed by atoms with Crippen molar-refractivity contribution in [2.75, 3.05) is 26.3 Å². The zero-order valence-corrected chi connectivity index (χ0v) is 9.00. The molecule has 2 aliphatic rings. The first-order valence-electron chi connectivity index (χ1n) is 6.07. The first-order valence-corrected chi connectivity index (χ1v) is 6.07. The van der Waals surface area contributed by atoms with Crippen LogP contribution >= 0.6 is 0 Å². The van der Waals surface area contributed by atoms with Crippen LogP contribution in [0.25, 0.3) is 0 Å². The van der Waals surface area contributed by atoms with E-state index in [9.17, 15) is 0 Å². The molecule has 81 valence electrons. The Hall–Kier alpha value is -0.0800. The molecule has 0 amide bonds. The van der Waals surface area contributed by atoms with E-state index in [1.165, 1.54) is 45.2 Å². The lowest BCUT2D eigenvalue weighted by molar-refractivity contribution is 0.184. The fraction of sp³-hybridized carbons (Fsp3) is 0.917. The average Bonchev–Trinajstić information content (AvgIpc) is 2.72. The second-order valence-electron chi connectivity index (χ2n) is 4.63. The summed E-state index contributed by atoms with van der Waals surface area (Å²) in [6.07, 6.45) is 9.20. The van der Waals surface area contributed by atoms with Crippen molar-refractivity contribution in [3.63, 3.8) is 0 Å². The number of hydrogen-bond donors (Lipinski definition) is 1. The van der Waals surface area contributed by atoms with Gasteiger partial charge in [-0.25, -0.2) is 0 Å². The summed E-state index contributed by atoms with van der Waals surface area (Å²) >= 11 is 0. The van der Waals surface area contributed by atoms with Crippen LogP contribution in [0, 0.1) is 18.3 Å². The summed E-state index contributed by atoms with van der Waals surface area (Å²) in [6.45, 7) is 4.44. The lowest BCUT2D eigenvalue weighted by atomic mass is 9.90. The maximum atomic E-state index is 5.38. The molecule has 0 aromatic carbocycles. The van der Waals surface area contributed by atoms with Crippen molar-refractivity contribution in [2.45, 2.75) is 32.1 Å². The zero-order valence-electron chi connectivity index (χ0n) is 9.00. The van der Waals surface area contributed by atoms with Gasteiger partial charge in [0.2, 0.25) is 0 Å². The van der Waals surface area contributed by atoms with Crippen molar-refractivity contribution < 1.29 is 4.74 Å². The summed E-state index contributed by atoms with van der Waals surface area (Å²) in [7, 11) is 0. The standard InChI is InChI=1S/C12H22NO/c1(3-12-6-9-14-10-12)2-11-4-7-13-8-5-11/h2,11-13H,1,3-10H2. The molecule has 1 unspecified atom stereocenters.